The van der Waals surface area contributed by atoms with E-state index in [0.717, 1.165) is 0 Å². The van der Waals surface area contributed by atoms with Gasteiger partial charge in [-0.15, -0.1) is 0 Å². The van der Waals surface area contributed by atoms with Crippen molar-refractivity contribution in [2.24, 2.45) is 10.3 Å². The molecular weight excluding hydrogens is 208 g/mol. The zero-order chi connectivity index (χ0) is 12.6. The summed E-state index contributed by atoms with van der Waals surface area (Å²) >= 11 is 0. The van der Waals surface area contributed by atoms with E-state index in [4.69, 9.17) is 10.4 Å². The summed E-state index contributed by atoms with van der Waals surface area (Å²) in [5.74, 6) is 0.604. The number of oxime groups is 2. The Hall–Kier alpha value is -1.46. The Morgan fingerprint density at radius 1 is 0.750 bits per heavy atom. The SMILES string of the molecule is CCN(CC)C(=NO)C(=NO)N(CC)CC. The number of amidine groups is 2. The minimum atomic E-state index is 0.302. The number of likely N-dealkylation sites (N-methyl/N-ethyl adjacent to an activating group) is 2. The van der Waals surface area contributed by atoms with Crippen molar-refractivity contribution in [3.63, 3.8) is 0 Å². The molecule has 0 bridgehead atoms. The summed E-state index contributed by atoms with van der Waals surface area (Å²) in [5, 5.41) is 24.5. The van der Waals surface area contributed by atoms with Crippen LogP contribution in [-0.4, -0.2) is 58.1 Å². The third-order valence-corrected chi connectivity index (χ3v) is 2.52. The van der Waals surface area contributed by atoms with E-state index in [9.17, 15) is 0 Å². The average molecular weight is 230 g/mol. The van der Waals surface area contributed by atoms with Gasteiger partial charge < -0.3 is 20.2 Å². The van der Waals surface area contributed by atoms with Gasteiger partial charge in [0.15, 0.2) is 0 Å². The maximum atomic E-state index is 9.03. The third-order valence-electron chi connectivity index (χ3n) is 2.52. The Labute approximate surface area is 96.8 Å². The highest BCUT2D eigenvalue weighted by Crippen LogP contribution is 2.00. The highest BCUT2D eigenvalue weighted by Gasteiger charge is 2.20. The van der Waals surface area contributed by atoms with Crippen LogP contribution in [0.3, 0.4) is 0 Å². The highest BCUT2D eigenvalue weighted by molar-refractivity contribution is 6.39. The first-order chi connectivity index (χ1) is 7.69. The van der Waals surface area contributed by atoms with E-state index in [1.165, 1.54) is 0 Å². The Balaban J connectivity index is 5.05. The molecule has 2 N–H and O–H groups in total. The van der Waals surface area contributed by atoms with Gasteiger partial charge in [-0.3, -0.25) is 0 Å². The fourth-order valence-corrected chi connectivity index (χ4v) is 1.55. The zero-order valence-corrected chi connectivity index (χ0v) is 10.5. The van der Waals surface area contributed by atoms with Crippen LogP contribution in [0.5, 0.6) is 0 Å². The summed E-state index contributed by atoms with van der Waals surface area (Å²) in [6, 6.07) is 0. The fourth-order valence-electron chi connectivity index (χ4n) is 1.55. The van der Waals surface area contributed by atoms with Gasteiger partial charge in [-0.2, -0.15) is 0 Å². The standard InChI is InChI=1S/C10H22N4O2/c1-5-13(6-2)9(11-15)10(12-16)14(7-3)8-4/h15-16H,5-8H2,1-4H3. The monoisotopic (exact) mass is 230 g/mol. The molecule has 6 nitrogen and oxygen atoms in total. The molecule has 0 aromatic carbocycles. The van der Waals surface area contributed by atoms with Crippen molar-refractivity contribution < 1.29 is 10.4 Å². The molecule has 94 valence electrons. The first-order valence-electron chi connectivity index (χ1n) is 5.64. The molecule has 0 aromatic rings. The molecule has 0 saturated heterocycles. The second-order valence-corrected chi connectivity index (χ2v) is 3.19. The molecular formula is C10H22N4O2. The van der Waals surface area contributed by atoms with Gasteiger partial charge in [-0.1, -0.05) is 10.3 Å². The second kappa shape index (κ2) is 7.78. The molecule has 0 heterocycles. The van der Waals surface area contributed by atoms with E-state index in [1.807, 2.05) is 37.5 Å². The molecule has 0 aliphatic carbocycles. The minimum Gasteiger partial charge on any atom is -0.409 e. The molecule has 0 unspecified atom stereocenters. The van der Waals surface area contributed by atoms with Gasteiger partial charge in [0.25, 0.3) is 0 Å². The van der Waals surface area contributed by atoms with Crippen molar-refractivity contribution in [1.29, 1.82) is 0 Å². The summed E-state index contributed by atoms with van der Waals surface area (Å²) in [6.07, 6.45) is 0. The Morgan fingerprint density at radius 2 is 1.00 bits per heavy atom. The first kappa shape index (κ1) is 14.5. The predicted molar refractivity (Wildman–Crippen MR) is 64.3 cm³/mol. The molecule has 0 aromatic heterocycles. The largest absolute Gasteiger partial charge is 0.409 e. The average Bonchev–Trinajstić information content (AvgIpc) is 2.33. The molecule has 0 atom stereocenters. The molecule has 0 saturated carbocycles. The smallest absolute Gasteiger partial charge is 0.214 e. The van der Waals surface area contributed by atoms with Crippen LogP contribution in [0.2, 0.25) is 0 Å². The summed E-state index contributed by atoms with van der Waals surface area (Å²) in [6.45, 7) is 10.6. The van der Waals surface area contributed by atoms with Gasteiger partial charge in [0.2, 0.25) is 11.7 Å². The lowest BCUT2D eigenvalue weighted by atomic mass is 10.3. The number of hydrogen-bond donors (Lipinski definition) is 2. The van der Waals surface area contributed by atoms with E-state index < -0.39 is 0 Å². The van der Waals surface area contributed by atoms with E-state index in [-0.39, 0.29) is 0 Å². The van der Waals surface area contributed by atoms with Crippen LogP contribution in [0, 0.1) is 0 Å². The molecule has 0 rings (SSSR count). The highest BCUT2D eigenvalue weighted by atomic mass is 16.4. The number of rotatable bonds is 4. The van der Waals surface area contributed by atoms with Crippen LogP contribution in [0.4, 0.5) is 0 Å². The first-order valence-corrected chi connectivity index (χ1v) is 5.64. The summed E-state index contributed by atoms with van der Waals surface area (Å²) in [5.41, 5.74) is 0. The molecule has 0 amide bonds. The van der Waals surface area contributed by atoms with Gasteiger partial charge in [-0.25, -0.2) is 0 Å². The van der Waals surface area contributed by atoms with E-state index in [1.54, 1.807) is 0 Å². The molecule has 0 spiro atoms. The number of nitrogens with zero attached hydrogens (tertiary/aromatic N) is 4. The van der Waals surface area contributed by atoms with Crippen LogP contribution in [0.1, 0.15) is 27.7 Å². The molecule has 0 fully saturated rings. The van der Waals surface area contributed by atoms with Crippen LogP contribution >= 0.6 is 0 Å². The van der Waals surface area contributed by atoms with Crippen LogP contribution in [0.15, 0.2) is 10.3 Å². The van der Waals surface area contributed by atoms with Crippen molar-refractivity contribution >= 4 is 11.7 Å². The maximum absolute atomic E-state index is 9.03. The lowest BCUT2D eigenvalue weighted by Crippen LogP contribution is -2.45. The lowest BCUT2D eigenvalue weighted by molar-refractivity contribution is 0.291. The van der Waals surface area contributed by atoms with Crippen molar-refractivity contribution in [3.05, 3.63) is 0 Å². The summed E-state index contributed by atoms with van der Waals surface area (Å²) in [4.78, 5) is 3.65. The lowest BCUT2D eigenvalue weighted by Gasteiger charge is -2.27. The zero-order valence-electron chi connectivity index (χ0n) is 10.5. The minimum absolute atomic E-state index is 0.302. The van der Waals surface area contributed by atoms with E-state index in [2.05, 4.69) is 10.3 Å². The van der Waals surface area contributed by atoms with Crippen LogP contribution < -0.4 is 0 Å². The van der Waals surface area contributed by atoms with Crippen molar-refractivity contribution in [1.82, 2.24) is 9.80 Å². The second-order valence-electron chi connectivity index (χ2n) is 3.19. The normalized spacial score (nSPS) is 12.8. The summed E-state index contributed by atoms with van der Waals surface area (Å²) < 4.78 is 0. The van der Waals surface area contributed by atoms with Crippen LogP contribution in [0.25, 0.3) is 0 Å². The number of hydrogen-bond acceptors (Lipinski definition) is 4. The Morgan fingerprint density at radius 3 is 1.12 bits per heavy atom. The predicted octanol–water partition coefficient (Wildman–Crippen LogP) is 1.25. The van der Waals surface area contributed by atoms with E-state index >= 15 is 0 Å². The van der Waals surface area contributed by atoms with Gasteiger partial charge >= 0.3 is 0 Å². The topological polar surface area (TPSA) is 71.7 Å². The molecule has 6 heteroatoms. The van der Waals surface area contributed by atoms with Gasteiger partial charge in [0.05, 0.1) is 0 Å². The third kappa shape index (κ3) is 3.29. The van der Waals surface area contributed by atoms with Crippen molar-refractivity contribution in [2.75, 3.05) is 26.2 Å². The quantitative estimate of drug-likeness (QED) is 0.330. The molecule has 0 aliphatic heterocycles. The van der Waals surface area contributed by atoms with Crippen LogP contribution in [-0.2, 0) is 0 Å². The molecule has 0 aliphatic rings. The van der Waals surface area contributed by atoms with Gasteiger partial charge in [0.1, 0.15) is 0 Å². The Kier molecular flexibility index (Phi) is 7.07. The van der Waals surface area contributed by atoms with Crippen molar-refractivity contribution in [2.45, 2.75) is 27.7 Å². The molecule has 16 heavy (non-hydrogen) atoms. The van der Waals surface area contributed by atoms with E-state index in [0.29, 0.717) is 37.9 Å². The summed E-state index contributed by atoms with van der Waals surface area (Å²) in [7, 11) is 0. The van der Waals surface area contributed by atoms with Gasteiger partial charge in [-0.05, 0) is 27.7 Å². The van der Waals surface area contributed by atoms with Gasteiger partial charge in [0, 0.05) is 26.2 Å². The van der Waals surface area contributed by atoms with Crippen molar-refractivity contribution in [3.8, 4) is 0 Å². The Bertz CT molecular complexity index is 219. The fraction of sp³-hybridized carbons (Fsp3) is 0.800. The molecule has 0 radical (unpaired) electrons. The maximum Gasteiger partial charge on any atom is 0.214 e.